The van der Waals surface area contributed by atoms with Gasteiger partial charge in [-0.2, -0.15) is 0 Å². The summed E-state index contributed by atoms with van der Waals surface area (Å²) in [5, 5.41) is 3.81. The number of nitrogens with zero attached hydrogens (tertiary/aromatic N) is 2. The van der Waals surface area contributed by atoms with Crippen molar-refractivity contribution in [3.05, 3.63) is 65.5 Å². The minimum absolute atomic E-state index is 0.387. The van der Waals surface area contributed by atoms with Crippen molar-refractivity contribution in [3.8, 4) is 0 Å². The summed E-state index contributed by atoms with van der Waals surface area (Å²) in [5.41, 5.74) is 4.83. The number of pyridine rings is 1. The van der Waals surface area contributed by atoms with Crippen LogP contribution in [-0.4, -0.2) is 29.5 Å². The first-order valence-electron chi connectivity index (χ1n) is 9.25. The number of nitrogens with one attached hydrogen (secondary N) is 1. The molecular weight excluding hydrogens is 294 g/mol. The molecule has 1 aromatic carbocycles. The lowest BCUT2D eigenvalue weighted by atomic mass is 9.73. The van der Waals surface area contributed by atoms with Crippen LogP contribution >= 0.6 is 0 Å². The Morgan fingerprint density at radius 3 is 2.62 bits per heavy atom. The van der Waals surface area contributed by atoms with E-state index in [1.54, 1.807) is 5.56 Å². The van der Waals surface area contributed by atoms with Crippen molar-refractivity contribution in [1.82, 2.24) is 15.2 Å². The fourth-order valence-corrected chi connectivity index (χ4v) is 4.59. The predicted octanol–water partition coefficient (Wildman–Crippen LogP) is 3.67. The summed E-state index contributed by atoms with van der Waals surface area (Å²) in [6.45, 7) is 6.85. The van der Waals surface area contributed by atoms with Crippen molar-refractivity contribution in [2.24, 2.45) is 0 Å². The summed E-state index contributed by atoms with van der Waals surface area (Å²) in [5.74, 6) is 0. The minimum Gasteiger partial charge on any atom is -0.306 e. The fourth-order valence-electron chi connectivity index (χ4n) is 4.59. The molecule has 1 aliphatic carbocycles. The number of aromatic nitrogens is 1. The van der Waals surface area contributed by atoms with Crippen LogP contribution in [-0.2, 0) is 12.0 Å². The van der Waals surface area contributed by atoms with Crippen molar-refractivity contribution in [1.29, 1.82) is 0 Å². The number of hydrogen-bond donors (Lipinski definition) is 1. The van der Waals surface area contributed by atoms with Crippen molar-refractivity contribution in [3.63, 3.8) is 0 Å². The van der Waals surface area contributed by atoms with Gasteiger partial charge in [0, 0.05) is 25.0 Å². The molecular formula is C21H27N3. The Balaban J connectivity index is 1.53. The monoisotopic (exact) mass is 321 g/mol. The van der Waals surface area contributed by atoms with Gasteiger partial charge >= 0.3 is 0 Å². The highest BCUT2D eigenvalue weighted by Gasteiger charge is 2.44. The lowest BCUT2D eigenvalue weighted by Gasteiger charge is -2.40. The van der Waals surface area contributed by atoms with Crippen LogP contribution in [0.5, 0.6) is 0 Å². The molecule has 0 radical (unpaired) electrons. The molecule has 1 aliphatic heterocycles. The Labute approximate surface area is 145 Å². The average Bonchev–Trinajstić information content (AvgIpc) is 2.96. The molecule has 1 fully saturated rings. The molecule has 0 bridgehead atoms. The van der Waals surface area contributed by atoms with Crippen LogP contribution in [0.4, 0.5) is 0 Å². The van der Waals surface area contributed by atoms with E-state index < -0.39 is 0 Å². The molecule has 0 amide bonds. The van der Waals surface area contributed by atoms with Gasteiger partial charge < -0.3 is 10.2 Å². The molecule has 3 heteroatoms. The number of rotatable bonds is 4. The van der Waals surface area contributed by atoms with E-state index in [1.165, 1.54) is 50.0 Å². The van der Waals surface area contributed by atoms with Gasteiger partial charge in [-0.05, 0) is 73.1 Å². The lowest BCUT2D eigenvalue weighted by molar-refractivity contribution is 0.158. The zero-order valence-corrected chi connectivity index (χ0v) is 14.5. The normalized spacial score (nSPS) is 22.6. The second kappa shape index (κ2) is 6.66. The van der Waals surface area contributed by atoms with E-state index in [2.05, 4.69) is 58.5 Å². The van der Waals surface area contributed by atoms with Gasteiger partial charge in [0.15, 0.2) is 0 Å². The number of hydrogen-bond acceptors (Lipinski definition) is 3. The Hall–Kier alpha value is -1.71. The lowest BCUT2D eigenvalue weighted by Crippen LogP contribution is -2.41. The Kier molecular flexibility index (Phi) is 4.38. The molecule has 1 spiro atoms. The molecule has 2 heterocycles. The number of fused-ring (bicyclic) bond motifs is 2. The van der Waals surface area contributed by atoms with Crippen molar-refractivity contribution in [2.75, 3.05) is 19.6 Å². The van der Waals surface area contributed by atoms with Gasteiger partial charge in [0.05, 0.1) is 0 Å². The highest BCUT2D eigenvalue weighted by Crippen LogP contribution is 2.50. The Morgan fingerprint density at radius 1 is 1.12 bits per heavy atom. The zero-order valence-electron chi connectivity index (χ0n) is 14.5. The van der Waals surface area contributed by atoms with Crippen LogP contribution < -0.4 is 5.32 Å². The van der Waals surface area contributed by atoms with Crippen molar-refractivity contribution < 1.29 is 0 Å². The van der Waals surface area contributed by atoms with Gasteiger partial charge in [0.25, 0.3) is 0 Å². The summed E-state index contributed by atoms with van der Waals surface area (Å²) in [6.07, 6.45) is 7.59. The molecule has 1 aromatic heterocycles. The van der Waals surface area contributed by atoms with Gasteiger partial charge in [-0.1, -0.05) is 31.2 Å². The molecule has 126 valence electrons. The second-order valence-electron chi connectivity index (χ2n) is 7.29. The first kappa shape index (κ1) is 15.8. The van der Waals surface area contributed by atoms with Gasteiger partial charge in [0.1, 0.15) is 0 Å². The van der Waals surface area contributed by atoms with Gasteiger partial charge in [-0.25, -0.2) is 0 Å². The number of piperidine rings is 1. The number of likely N-dealkylation sites (tertiary alicyclic amines) is 1. The molecule has 4 rings (SSSR count). The molecule has 1 saturated heterocycles. The van der Waals surface area contributed by atoms with E-state index in [0.29, 0.717) is 11.5 Å². The summed E-state index contributed by atoms with van der Waals surface area (Å²) >= 11 is 0. The average molecular weight is 321 g/mol. The van der Waals surface area contributed by atoms with Gasteiger partial charge in [-0.3, -0.25) is 4.98 Å². The Morgan fingerprint density at radius 2 is 1.88 bits per heavy atom. The molecule has 3 nitrogen and oxygen atoms in total. The molecule has 0 unspecified atom stereocenters. The van der Waals surface area contributed by atoms with E-state index in [-0.39, 0.29) is 0 Å². The fraction of sp³-hybridized carbons (Fsp3) is 0.476. The van der Waals surface area contributed by atoms with Gasteiger partial charge in [-0.15, -0.1) is 0 Å². The highest BCUT2D eigenvalue weighted by molar-refractivity contribution is 5.42. The van der Waals surface area contributed by atoms with Crippen molar-refractivity contribution in [2.45, 2.75) is 44.2 Å². The topological polar surface area (TPSA) is 28.2 Å². The highest BCUT2D eigenvalue weighted by atomic mass is 15.1. The van der Waals surface area contributed by atoms with Crippen LogP contribution in [0.3, 0.4) is 0 Å². The summed E-state index contributed by atoms with van der Waals surface area (Å²) in [6, 6.07) is 13.8. The molecule has 2 aromatic rings. The summed E-state index contributed by atoms with van der Waals surface area (Å²) in [4.78, 5) is 6.70. The van der Waals surface area contributed by atoms with Crippen LogP contribution in [0, 0.1) is 0 Å². The maximum atomic E-state index is 4.11. The first-order chi connectivity index (χ1) is 11.8. The van der Waals surface area contributed by atoms with Crippen LogP contribution in [0.1, 0.15) is 48.9 Å². The zero-order chi connectivity index (χ0) is 16.4. The minimum atomic E-state index is 0.387. The molecule has 2 aliphatic rings. The van der Waals surface area contributed by atoms with Crippen molar-refractivity contribution >= 4 is 0 Å². The molecule has 1 N–H and O–H groups in total. The SMILES string of the molecule is CCN1CCC2(CC1)C[C@H](NCc1ccncc1)c1ccccc12. The maximum absolute atomic E-state index is 4.11. The van der Waals surface area contributed by atoms with Crippen LogP contribution in [0.15, 0.2) is 48.8 Å². The van der Waals surface area contributed by atoms with Crippen LogP contribution in [0.25, 0.3) is 0 Å². The maximum Gasteiger partial charge on any atom is 0.0334 e. The second-order valence-corrected chi connectivity index (χ2v) is 7.29. The third-order valence-electron chi connectivity index (χ3n) is 6.06. The Bertz CT molecular complexity index is 674. The van der Waals surface area contributed by atoms with Gasteiger partial charge in [0.2, 0.25) is 0 Å². The largest absolute Gasteiger partial charge is 0.306 e. The van der Waals surface area contributed by atoms with E-state index in [9.17, 15) is 0 Å². The third-order valence-corrected chi connectivity index (χ3v) is 6.06. The van der Waals surface area contributed by atoms with E-state index in [4.69, 9.17) is 0 Å². The molecule has 1 atom stereocenters. The predicted molar refractivity (Wildman–Crippen MR) is 97.9 cm³/mol. The first-order valence-corrected chi connectivity index (χ1v) is 9.25. The smallest absolute Gasteiger partial charge is 0.0334 e. The molecule has 0 saturated carbocycles. The standard InChI is InChI=1S/C21H27N3/c1-2-24-13-9-21(10-14-24)15-20(18-5-3-4-6-19(18)21)23-16-17-7-11-22-12-8-17/h3-8,11-12,20,23H,2,9-10,13-16H2,1H3/t20-/m0/s1. The summed E-state index contributed by atoms with van der Waals surface area (Å²) < 4.78 is 0. The van der Waals surface area contributed by atoms with Crippen LogP contribution in [0.2, 0.25) is 0 Å². The summed E-state index contributed by atoms with van der Waals surface area (Å²) in [7, 11) is 0. The molecule has 24 heavy (non-hydrogen) atoms. The quantitative estimate of drug-likeness (QED) is 0.931. The van der Waals surface area contributed by atoms with E-state index in [1.807, 2.05) is 12.4 Å². The third kappa shape index (κ3) is 2.87. The van der Waals surface area contributed by atoms with E-state index in [0.717, 1.165) is 6.54 Å². The number of benzene rings is 1. The van der Waals surface area contributed by atoms with E-state index >= 15 is 0 Å².